The van der Waals surface area contributed by atoms with Crippen LogP contribution >= 0.6 is 23.2 Å². The van der Waals surface area contributed by atoms with Gasteiger partial charge in [0.2, 0.25) is 0 Å². The van der Waals surface area contributed by atoms with Crippen LogP contribution in [0, 0.1) is 0 Å². The van der Waals surface area contributed by atoms with Crippen molar-refractivity contribution in [3.8, 4) is 5.69 Å². The van der Waals surface area contributed by atoms with E-state index in [9.17, 15) is 0 Å². The van der Waals surface area contributed by atoms with Crippen LogP contribution in [0.15, 0.2) is 66.4 Å². The molecule has 2 aromatic carbocycles. The Hall–Kier alpha value is -2.79. The molecule has 4 aliphatic rings. The van der Waals surface area contributed by atoms with Crippen LogP contribution in [0.1, 0.15) is 53.4 Å². The quantitative estimate of drug-likeness (QED) is 0.400. The van der Waals surface area contributed by atoms with E-state index in [0.29, 0.717) is 0 Å². The number of benzene rings is 2. The van der Waals surface area contributed by atoms with Crippen molar-refractivity contribution < 1.29 is 0 Å². The summed E-state index contributed by atoms with van der Waals surface area (Å²) < 4.78 is 2.28. The first kappa shape index (κ1) is 22.4. The highest BCUT2D eigenvalue weighted by Crippen LogP contribution is 2.52. The van der Waals surface area contributed by atoms with E-state index in [2.05, 4.69) is 71.4 Å². The number of aromatic nitrogens is 2. The molecule has 3 aromatic rings. The standard InChI is InChI=1S/C30H28Cl2N4/c1-3-18-5-4-6-21-27-22(9-12-30(2)24(27)10-13-33-30)29-23-17-35(14-11-26(23)34-36(29)28(18)21)16-19-15-20(31)7-8-25(19)32/h4-10,12-13,15,22,33H,3,11,14,16-17H2,1-2H3. The lowest BCUT2D eigenvalue weighted by molar-refractivity contribution is 0.244. The molecule has 4 heterocycles. The molecule has 0 fully saturated rings. The lowest BCUT2D eigenvalue weighted by Crippen LogP contribution is -2.38. The van der Waals surface area contributed by atoms with E-state index < -0.39 is 0 Å². The van der Waals surface area contributed by atoms with Crippen LogP contribution in [0.3, 0.4) is 0 Å². The van der Waals surface area contributed by atoms with E-state index in [-0.39, 0.29) is 11.5 Å². The summed E-state index contributed by atoms with van der Waals surface area (Å²) in [5.41, 5.74) is 11.5. The van der Waals surface area contributed by atoms with Crippen LogP contribution in [-0.2, 0) is 25.9 Å². The van der Waals surface area contributed by atoms with Gasteiger partial charge < -0.3 is 5.32 Å². The summed E-state index contributed by atoms with van der Waals surface area (Å²) in [7, 11) is 0. The van der Waals surface area contributed by atoms with Gasteiger partial charge in [0, 0.05) is 53.1 Å². The van der Waals surface area contributed by atoms with Crippen molar-refractivity contribution in [2.75, 3.05) is 6.54 Å². The van der Waals surface area contributed by atoms with Gasteiger partial charge in [-0.2, -0.15) is 5.10 Å². The first-order valence-corrected chi connectivity index (χ1v) is 13.5. The Morgan fingerprint density at radius 2 is 2.06 bits per heavy atom. The van der Waals surface area contributed by atoms with Crippen molar-refractivity contribution in [1.82, 2.24) is 20.0 Å². The molecule has 1 N–H and O–H groups in total. The summed E-state index contributed by atoms with van der Waals surface area (Å²) in [4.78, 5) is 2.48. The van der Waals surface area contributed by atoms with Gasteiger partial charge in [0.1, 0.15) is 0 Å². The zero-order chi connectivity index (χ0) is 24.6. The molecule has 4 nitrogen and oxygen atoms in total. The first-order valence-electron chi connectivity index (χ1n) is 12.7. The zero-order valence-corrected chi connectivity index (χ0v) is 22.0. The summed E-state index contributed by atoms with van der Waals surface area (Å²) >= 11 is 12.8. The summed E-state index contributed by atoms with van der Waals surface area (Å²) in [6.45, 7) is 7.09. The van der Waals surface area contributed by atoms with Crippen LogP contribution in [-0.4, -0.2) is 26.8 Å². The Bertz CT molecular complexity index is 1510. The third-order valence-corrected chi connectivity index (χ3v) is 8.87. The van der Waals surface area contributed by atoms with Crippen LogP contribution < -0.4 is 5.32 Å². The normalized spacial score (nSPS) is 23.6. The first-order chi connectivity index (χ1) is 17.5. The Labute approximate surface area is 221 Å². The van der Waals surface area contributed by atoms with Crippen LogP contribution in [0.4, 0.5) is 0 Å². The number of fused-ring (bicyclic) bond motifs is 9. The average molecular weight is 515 g/mol. The van der Waals surface area contributed by atoms with Gasteiger partial charge in [-0.05, 0) is 66.1 Å². The summed E-state index contributed by atoms with van der Waals surface area (Å²) in [6, 6.07) is 12.5. The smallest absolute Gasteiger partial charge is 0.0780 e. The number of aryl methyl sites for hydroxylation is 1. The highest BCUT2D eigenvalue weighted by molar-refractivity contribution is 6.33. The predicted octanol–water partition coefficient (Wildman–Crippen LogP) is 6.60. The fraction of sp³-hybridized carbons (Fsp3) is 0.300. The van der Waals surface area contributed by atoms with Crippen molar-refractivity contribution >= 4 is 28.8 Å². The van der Waals surface area contributed by atoms with Gasteiger partial charge in [-0.25, -0.2) is 4.68 Å². The predicted molar refractivity (Wildman–Crippen MR) is 147 cm³/mol. The van der Waals surface area contributed by atoms with Gasteiger partial charge in [-0.1, -0.05) is 60.5 Å². The van der Waals surface area contributed by atoms with E-state index >= 15 is 0 Å². The zero-order valence-electron chi connectivity index (χ0n) is 20.5. The van der Waals surface area contributed by atoms with Gasteiger partial charge >= 0.3 is 0 Å². The van der Waals surface area contributed by atoms with Crippen molar-refractivity contribution in [2.45, 2.75) is 51.2 Å². The molecule has 3 aliphatic heterocycles. The minimum Gasteiger partial charge on any atom is -0.378 e. The number of nitrogens with zero attached hydrogens (tertiary/aromatic N) is 3. The van der Waals surface area contributed by atoms with Gasteiger partial charge in [-0.15, -0.1) is 0 Å². The summed E-state index contributed by atoms with van der Waals surface area (Å²) in [5.74, 6) is 0.184. The molecule has 1 aliphatic carbocycles. The van der Waals surface area contributed by atoms with Gasteiger partial charge in [-0.3, -0.25) is 4.90 Å². The molecule has 0 amide bonds. The van der Waals surface area contributed by atoms with Gasteiger partial charge in [0.25, 0.3) is 0 Å². The maximum absolute atomic E-state index is 6.53. The molecular formula is C30H28Cl2N4. The van der Waals surface area contributed by atoms with E-state index in [1.165, 1.54) is 44.9 Å². The van der Waals surface area contributed by atoms with Crippen molar-refractivity contribution in [2.24, 2.45) is 0 Å². The molecule has 0 bridgehead atoms. The molecule has 2 unspecified atom stereocenters. The Morgan fingerprint density at radius 1 is 1.17 bits per heavy atom. The van der Waals surface area contributed by atoms with Crippen LogP contribution in [0.5, 0.6) is 0 Å². The fourth-order valence-electron chi connectivity index (χ4n) is 6.47. The molecule has 2 atom stereocenters. The summed E-state index contributed by atoms with van der Waals surface area (Å²) in [5, 5.41) is 10.3. The Balaban J connectivity index is 1.38. The Kier molecular flexibility index (Phi) is 5.05. The van der Waals surface area contributed by atoms with Crippen molar-refractivity contribution in [3.63, 3.8) is 0 Å². The largest absolute Gasteiger partial charge is 0.378 e. The number of halogens is 2. The molecule has 7 rings (SSSR count). The van der Waals surface area contributed by atoms with Gasteiger partial charge in [0.05, 0.1) is 22.6 Å². The van der Waals surface area contributed by atoms with Gasteiger partial charge in [0.15, 0.2) is 0 Å². The molecule has 0 radical (unpaired) electrons. The third kappa shape index (κ3) is 3.21. The van der Waals surface area contributed by atoms with E-state index in [1.54, 1.807) is 0 Å². The molecule has 0 spiro atoms. The molecule has 6 heteroatoms. The number of hydrogen-bond donors (Lipinski definition) is 1. The van der Waals surface area contributed by atoms with E-state index in [1.807, 2.05) is 18.2 Å². The topological polar surface area (TPSA) is 33.1 Å². The molecule has 0 saturated carbocycles. The maximum atomic E-state index is 6.53. The lowest BCUT2D eigenvalue weighted by Gasteiger charge is -2.38. The second-order valence-electron chi connectivity index (χ2n) is 10.4. The maximum Gasteiger partial charge on any atom is 0.0780 e. The molecule has 0 saturated heterocycles. The van der Waals surface area contributed by atoms with Crippen molar-refractivity contribution in [1.29, 1.82) is 0 Å². The SMILES string of the molecule is CCc1cccc2c1-n1nc3c(c1C1C=CC4(C)NC=CC4=C21)CN(Cc1cc(Cl)ccc1Cl)CC3. The lowest BCUT2D eigenvalue weighted by atomic mass is 9.72. The minimum atomic E-state index is -0.164. The van der Waals surface area contributed by atoms with Crippen molar-refractivity contribution in [3.05, 3.63) is 110 Å². The molecule has 182 valence electrons. The van der Waals surface area contributed by atoms with E-state index in [0.717, 1.165) is 48.1 Å². The van der Waals surface area contributed by atoms with E-state index in [4.69, 9.17) is 28.3 Å². The fourth-order valence-corrected chi connectivity index (χ4v) is 6.85. The number of allylic oxidation sites excluding steroid dienone is 2. The highest BCUT2D eigenvalue weighted by Gasteiger charge is 2.43. The average Bonchev–Trinajstić information content (AvgIpc) is 3.46. The number of para-hydroxylation sites is 1. The number of rotatable bonds is 3. The second-order valence-corrected chi connectivity index (χ2v) is 11.3. The second kappa shape index (κ2) is 8.11. The van der Waals surface area contributed by atoms with Crippen LogP contribution in [0.25, 0.3) is 11.3 Å². The molecule has 36 heavy (non-hydrogen) atoms. The number of nitrogens with one attached hydrogen (secondary N) is 1. The summed E-state index contributed by atoms with van der Waals surface area (Å²) in [6.07, 6.45) is 11.0. The minimum absolute atomic E-state index is 0.164. The molecule has 1 aromatic heterocycles. The molecular weight excluding hydrogens is 487 g/mol. The Morgan fingerprint density at radius 3 is 2.92 bits per heavy atom. The third-order valence-electron chi connectivity index (χ3n) is 8.27. The van der Waals surface area contributed by atoms with Crippen LogP contribution in [0.2, 0.25) is 10.0 Å². The number of hydrogen-bond acceptors (Lipinski definition) is 3. The monoisotopic (exact) mass is 514 g/mol. The highest BCUT2D eigenvalue weighted by atomic mass is 35.5.